The third kappa shape index (κ3) is 1.75. The van der Waals surface area contributed by atoms with Crippen LogP contribution in [0.3, 0.4) is 0 Å². The van der Waals surface area contributed by atoms with Gasteiger partial charge in [-0.25, -0.2) is 0 Å². The summed E-state index contributed by atoms with van der Waals surface area (Å²) in [7, 11) is 0. The molecular weight excluding hydrogens is 336 g/mol. The summed E-state index contributed by atoms with van der Waals surface area (Å²) in [5, 5.41) is 0. The van der Waals surface area contributed by atoms with Gasteiger partial charge >= 0.3 is 0 Å². The van der Waals surface area contributed by atoms with E-state index in [0.717, 1.165) is 24.0 Å². The summed E-state index contributed by atoms with van der Waals surface area (Å²) in [6, 6.07) is 20.8. The van der Waals surface area contributed by atoms with E-state index in [2.05, 4.69) is 76.2 Å². The molecule has 2 aromatic rings. The molecule has 0 amide bonds. The molecule has 6 rings (SSSR count). The van der Waals surface area contributed by atoms with Gasteiger partial charge < -0.3 is 14.2 Å². The second-order valence-corrected chi connectivity index (χ2v) is 8.30. The maximum Gasteiger partial charge on any atom is 0.204 e. The van der Waals surface area contributed by atoms with Gasteiger partial charge in [0.05, 0.1) is 0 Å². The van der Waals surface area contributed by atoms with Crippen molar-refractivity contribution in [1.29, 1.82) is 0 Å². The number of hydrogen-bond acceptors (Lipinski definition) is 3. The first-order chi connectivity index (χ1) is 13.0. The van der Waals surface area contributed by atoms with Gasteiger partial charge in [0, 0.05) is 23.0 Å². The molecule has 142 valence electrons. The molecule has 27 heavy (non-hydrogen) atoms. The Balaban J connectivity index is 1.79. The summed E-state index contributed by atoms with van der Waals surface area (Å²) in [6.07, 6.45) is 1.80. The molecule has 0 spiro atoms. The highest BCUT2D eigenvalue weighted by Crippen LogP contribution is 2.76. The topological polar surface area (TPSA) is 27.7 Å². The van der Waals surface area contributed by atoms with Crippen molar-refractivity contribution in [3.63, 3.8) is 0 Å². The highest BCUT2D eigenvalue weighted by atomic mass is 16.9. The van der Waals surface area contributed by atoms with Crippen LogP contribution in [0.25, 0.3) is 0 Å². The molecule has 0 unspecified atom stereocenters. The molecule has 3 nitrogen and oxygen atoms in total. The molecule has 4 heterocycles. The van der Waals surface area contributed by atoms with Crippen LogP contribution in [-0.2, 0) is 25.8 Å². The lowest BCUT2D eigenvalue weighted by Gasteiger charge is -2.52. The highest BCUT2D eigenvalue weighted by molar-refractivity contribution is 5.37. The lowest BCUT2D eigenvalue weighted by molar-refractivity contribution is -0.447. The van der Waals surface area contributed by atoms with Crippen molar-refractivity contribution in [1.82, 2.24) is 0 Å². The van der Waals surface area contributed by atoms with E-state index in [1.54, 1.807) is 0 Å². The zero-order valence-corrected chi connectivity index (χ0v) is 16.6. The predicted octanol–water partition coefficient (Wildman–Crippen LogP) is 5.35. The van der Waals surface area contributed by atoms with Gasteiger partial charge in [-0.1, -0.05) is 88.4 Å². The van der Waals surface area contributed by atoms with Gasteiger partial charge in [-0.3, -0.25) is 0 Å². The van der Waals surface area contributed by atoms with Crippen LogP contribution in [0.5, 0.6) is 0 Å². The minimum Gasteiger partial charge on any atom is -0.335 e. The van der Waals surface area contributed by atoms with E-state index < -0.39 is 11.6 Å². The molecule has 4 saturated heterocycles. The fourth-order valence-corrected chi connectivity index (χ4v) is 6.29. The van der Waals surface area contributed by atoms with E-state index in [1.807, 2.05) is 12.1 Å². The Bertz CT molecular complexity index is 781. The van der Waals surface area contributed by atoms with Crippen LogP contribution in [0.4, 0.5) is 0 Å². The van der Waals surface area contributed by atoms with Crippen LogP contribution in [0.15, 0.2) is 60.7 Å². The van der Waals surface area contributed by atoms with E-state index >= 15 is 0 Å². The number of ether oxygens (including phenoxy) is 3. The van der Waals surface area contributed by atoms with Gasteiger partial charge in [-0.05, 0) is 12.8 Å². The molecule has 4 fully saturated rings. The SMILES string of the molecule is CC[C@]12O[C@@]3(c4ccccc4)O[C@](c4ccccc4)(O[C@]1(CC)[C@H]3C)[C@@H]2C. The molecule has 0 aromatic heterocycles. The van der Waals surface area contributed by atoms with Gasteiger partial charge in [0.2, 0.25) is 11.6 Å². The Morgan fingerprint density at radius 2 is 1.00 bits per heavy atom. The summed E-state index contributed by atoms with van der Waals surface area (Å²) in [5.74, 6) is -1.37. The summed E-state index contributed by atoms with van der Waals surface area (Å²) in [6.45, 7) is 8.93. The van der Waals surface area contributed by atoms with E-state index in [1.165, 1.54) is 0 Å². The fraction of sp³-hybridized carbons (Fsp3) is 0.500. The molecule has 4 aliphatic rings. The van der Waals surface area contributed by atoms with E-state index in [4.69, 9.17) is 14.2 Å². The normalized spacial score (nSPS) is 44.7. The lowest BCUT2D eigenvalue weighted by atomic mass is 9.68. The molecule has 4 bridgehead atoms. The molecule has 2 aromatic carbocycles. The summed E-state index contributed by atoms with van der Waals surface area (Å²) >= 11 is 0. The largest absolute Gasteiger partial charge is 0.335 e. The molecule has 0 N–H and O–H groups in total. The minimum atomic E-state index is -0.784. The van der Waals surface area contributed by atoms with E-state index in [0.29, 0.717) is 0 Å². The van der Waals surface area contributed by atoms with Crippen LogP contribution in [0.2, 0.25) is 0 Å². The molecule has 0 saturated carbocycles. The van der Waals surface area contributed by atoms with Crippen molar-refractivity contribution in [2.75, 3.05) is 0 Å². The number of benzene rings is 2. The van der Waals surface area contributed by atoms with Crippen molar-refractivity contribution in [2.24, 2.45) is 11.8 Å². The maximum atomic E-state index is 6.98. The van der Waals surface area contributed by atoms with Crippen LogP contribution >= 0.6 is 0 Å². The van der Waals surface area contributed by atoms with Gasteiger partial charge in [-0.15, -0.1) is 0 Å². The lowest BCUT2D eigenvalue weighted by Crippen LogP contribution is -2.57. The molecule has 0 aliphatic carbocycles. The molecule has 4 aliphatic heterocycles. The first kappa shape index (κ1) is 17.4. The van der Waals surface area contributed by atoms with Crippen LogP contribution in [0, 0.1) is 11.8 Å². The maximum absolute atomic E-state index is 6.98. The zero-order chi connectivity index (χ0) is 18.9. The standard InChI is InChI=1S/C24H28O3/c1-5-21-17(3)23(19-13-9-7-10-14-19)26-22(21,6-2)18(4)24(25-21,27-23)20-15-11-8-12-16-20/h7-18H,5-6H2,1-4H3/t17-,18-,21-,22-,23-,24-/m1/s1. The third-order valence-electron chi connectivity index (χ3n) is 7.63. The predicted molar refractivity (Wildman–Crippen MR) is 104 cm³/mol. The third-order valence-corrected chi connectivity index (χ3v) is 7.63. The Labute approximate surface area is 161 Å². The van der Waals surface area contributed by atoms with Crippen LogP contribution in [-0.4, -0.2) is 11.2 Å². The Morgan fingerprint density at radius 3 is 1.33 bits per heavy atom. The van der Waals surface area contributed by atoms with E-state index in [9.17, 15) is 0 Å². The van der Waals surface area contributed by atoms with Gasteiger partial charge in [-0.2, -0.15) is 0 Å². The quantitative estimate of drug-likeness (QED) is 0.732. The van der Waals surface area contributed by atoms with Crippen molar-refractivity contribution < 1.29 is 14.2 Å². The average Bonchev–Trinajstić information content (AvgIpc) is 2.98. The Kier molecular flexibility index (Phi) is 3.51. The van der Waals surface area contributed by atoms with Crippen LogP contribution in [0.1, 0.15) is 51.7 Å². The number of rotatable bonds is 4. The van der Waals surface area contributed by atoms with Crippen molar-refractivity contribution in [3.8, 4) is 0 Å². The Hall–Kier alpha value is -1.68. The monoisotopic (exact) mass is 364 g/mol. The minimum absolute atomic E-state index is 0.0964. The fourth-order valence-electron chi connectivity index (χ4n) is 6.29. The van der Waals surface area contributed by atoms with Gasteiger partial charge in [0.1, 0.15) is 11.2 Å². The number of hydrogen-bond donors (Lipinski definition) is 0. The Morgan fingerprint density at radius 1 is 0.630 bits per heavy atom. The van der Waals surface area contributed by atoms with Gasteiger partial charge in [0.25, 0.3) is 0 Å². The smallest absolute Gasteiger partial charge is 0.204 e. The summed E-state index contributed by atoms with van der Waals surface area (Å²) in [5.41, 5.74) is 1.43. The average molecular weight is 364 g/mol. The molecular formula is C24H28O3. The molecule has 6 atom stereocenters. The second kappa shape index (κ2) is 5.44. The van der Waals surface area contributed by atoms with Gasteiger partial charge in [0.15, 0.2) is 0 Å². The van der Waals surface area contributed by atoms with Crippen molar-refractivity contribution >= 4 is 0 Å². The summed E-state index contributed by atoms with van der Waals surface area (Å²) < 4.78 is 20.9. The highest BCUT2D eigenvalue weighted by Gasteiger charge is 2.85. The van der Waals surface area contributed by atoms with Crippen molar-refractivity contribution in [3.05, 3.63) is 71.8 Å². The molecule has 3 heteroatoms. The first-order valence-electron chi connectivity index (χ1n) is 10.2. The second-order valence-electron chi connectivity index (χ2n) is 8.30. The first-order valence-corrected chi connectivity index (χ1v) is 10.2. The summed E-state index contributed by atoms with van der Waals surface area (Å²) in [4.78, 5) is 0. The molecule has 0 radical (unpaired) electrons. The van der Waals surface area contributed by atoms with Crippen molar-refractivity contribution in [2.45, 2.75) is 63.3 Å². The zero-order valence-electron chi connectivity index (χ0n) is 16.6. The van der Waals surface area contributed by atoms with E-state index in [-0.39, 0.29) is 23.0 Å². The van der Waals surface area contributed by atoms with Crippen LogP contribution < -0.4 is 0 Å².